The minimum Gasteiger partial charge on any atom is -0.440 e. The topological polar surface area (TPSA) is 56.7 Å². The van der Waals surface area contributed by atoms with Crippen LogP contribution in [0.2, 0.25) is 5.02 Å². The molecule has 0 radical (unpaired) electrons. The summed E-state index contributed by atoms with van der Waals surface area (Å²) in [6, 6.07) is 7.19. The third-order valence-corrected chi connectivity index (χ3v) is 3.40. The van der Waals surface area contributed by atoms with Crippen molar-refractivity contribution >= 4 is 23.9 Å². The molecular weight excluding hydrogens is 327 g/mol. The van der Waals surface area contributed by atoms with Crippen LogP contribution in [0.5, 0.6) is 0 Å². The van der Waals surface area contributed by atoms with Gasteiger partial charge in [0.05, 0.1) is 5.02 Å². The van der Waals surface area contributed by atoms with E-state index in [9.17, 15) is 3.89 Å². The maximum Gasteiger partial charge on any atom is 0.198 e. The first kappa shape index (κ1) is 16.5. The number of hydrogen-bond acceptors (Lipinski definition) is 5. The Hall–Kier alpha value is -1.86. The third-order valence-electron chi connectivity index (χ3n) is 2.66. The van der Waals surface area contributed by atoms with Crippen LogP contribution in [0.3, 0.4) is 0 Å². The van der Waals surface area contributed by atoms with Crippen molar-refractivity contribution in [1.82, 2.24) is 19.2 Å². The molecular formula is C14H14ClFN4OS. The van der Waals surface area contributed by atoms with E-state index in [1.54, 1.807) is 19.1 Å². The van der Waals surface area contributed by atoms with Gasteiger partial charge < -0.3 is 4.42 Å². The molecule has 0 saturated heterocycles. The molecule has 2 heterocycles. The summed E-state index contributed by atoms with van der Waals surface area (Å²) >= 11 is 6.16. The Labute approximate surface area is 137 Å². The van der Waals surface area contributed by atoms with Crippen LogP contribution in [0, 0.1) is 6.92 Å². The van der Waals surface area contributed by atoms with Crippen LogP contribution in [0.25, 0.3) is 22.8 Å². The Balaban J connectivity index is 0.000000847. The van der Waals surface area contributed by atoms with Gasteiger partial charge in [-0.05, 0) is 12.1 Å². The molecule has 1 aromatic carbocycles. The first-order valence-corrected chi connectivity index (χ1v) is 7.67. The minimum atomic E-state index is -0.00871. The molecule has 2 aromatic heterocycles. The normalized spacial score (nSPS) is 10.2. The molecule has 0 aliphatic carbocycles. The van der Waals surface area contributed by atoms with Crippen LogP contribution in [0.4, 0.5) is 3.89 Å². The van der Waals surface area contributed by atoms with E-state index in [1.165, 1.54) is 6.33 Å². The molecule has 0 aliphatic heterocycles. The lowest BCUT2D eigenvalue weighted by Crippen LogP contribution is -1.91. The summed E-state index contributed by atoms with van der Waals surface area (Å²) in [5.74, 6) is 1.15. The van der Waals surface area contributed by atoms with Gasteiger partial charge in [-0.2, -0.15) is 0 Å². The molecule has 0 N–H and O–H groups in total. The number of rotatable bonds is 3. The van der Waals surface area contributed by atoms with Gasteiger partial charge in [0.2, 0.25) is 0 Å². The number of nitrogens with zero attached hydrogens (tertiary/aromatic N) is 4. The van der Waals surface area contributed by atoms with Gasteiger partial charge in [0, 0.05) is 12.5 Å². The number of aryl methyl sites for hydroxylation is 1. The monoisotopic (exact) mass is 340 g/mol. The zero-order valence-corrected chi connectivity index (χ0v) is 13.8. The van der Waals surface area contributed by atoms with Crippen LogP contribution in [0.1, 0.15) is 19.7 Å². The van der Waals surface area contributed by atoms with Crippen molar-refractivity contribution in [3.63, 3.8) is 0 Å². The van der Waals surface area contributed by atoms with Crippen LogP contribution >= 0.6 is 23.9 Å². The number of hydrogen-bond donors (Lipinski definition) is 0. The Bertz CT molecular complexity index is 759. The summed E-state index contributed by atoms with van der Waals surface area (Å²) < 4.78 is 19.6. The first-order chi connectivity index (χ1) is 10.7. The van der Waals surface area contributed by atoms with Crippen molar-refractivity contribution in [1.29, 1.82) is 0 Å². The molecule has 0 spiro atoms. The highest BCUT2D eigenvalue weighted by Gasteiger charge is 2.21. The van der Waals surface area contributed by atoms with Crippen LogP contribution in [-0.4, -0.2) is 19.2 Å². The predicted octanol–water partition coefficient (Wildman–Crippen LogP) is 4.97. The highest BCUT2D eigenvalue weighted by Crippen LogP contribution is 2.36. The Kier molecular flexibility index (Phi) is 5.57. The molecule has 5 nitrogen and oxygen atoms in total. The molecule has 0 amide bonds. The zero-order chi connectivity index (χ0) is 16.1. The summed E-state index contributed by atoms with van der Waals surface area (Å²) in [6.07, 6.45) is 1.26. The lowest BCUT2D eigenvalue weighted by molar-refractivity contribution is 0.534. The second-order valence-electron chi connectivity index (χ2n) is 3.94. The lowest BCUT2D eigenvalue weighted by atomic mass is 10.1. The molecule has 116 valence electrons. The smallest absolute Gasteiger partial charge is 0.198 e. The molecule has 0 atom stereocenters. The summed E-state index contributed by atoms with van der Waals surface area (Å²) in [6.45, 7) is 5.70. The van der Waals surface area contributed by atoms with Crippen molar-refractivity contribution < 1.29 is 8.30 Å². The van der Waals surface area contributed by atoms with Crippen molar-refractivity contribution in [2.24, 2.45) is 0 Å². The van der Waals surface area contributed by atoms with Gasteiger partial charge in [-0.15, -0.1) is 14.1 Å². The largest absolute Gasteiger partial charge is 0.440 e. The molecule has 3 aromatic rings. The molecule has 0 unspecified atom stereocenters. The Morgan fingerprint density at radius 1 is 1.27 bits per heavy atom. The third kappa shape index (κ3) is 3.15. The summed E-state index contributed by atoms with van der Waals surface area (Å²) in [4.78, 5) is 4.25. The van der Waals surface area contributed by atoms with Crippen molar-refractivity contribution in [3.05, 3.63) is 41.5 Å². The van der Waals surface area contributed by atoms with Gasteiger partial charge in [0.15, 0.2) is 35.5 Å². The van der Waals surface area contributed by atoms with E-state index in [0.717, 1.165) is 3.97 Å². The molecule has 0 saturated carbocycles. The maximum atomic E-state index is 12.8. The van der Waals surface area contributed by atoms with E-state index >= 15 is 0 Å². The summed E-state index contributed by atoms with van der Waals surface area (Å²) in [5, 5.41) is 8.06. The van der Waals surface area contributed by atoms with E-state index in [2.05, 4.69) is 15.2 Å². The second kappa shape index (κ2) is 7.42. The molecule has 22 heavy (non-hydrogen) atoms. The molecule has 0 aliphatic rings. The minimum absolute atomic E-state index is 0.00871. The van der Waals surface area contributed by atoms with Gasteiger partial charge in [0.1, 0.15) is 6.33 Å². The number of aromatic nitrogens is 4. The molecule has 3 rings (SSSR count). The summed E-state index contributed by atoms with van der Waals surface area (Å²) in [7, 11) is 0. The average Bonchev–Trinajstić information content (AvgIpc) is 3.15. The summed E-state index contributed by atoms with van der Waals surface area (Å²) in [5.41, 5.74) is 1.07. The average molecular weight is 341 g/mol. The van der Waals surface area contributed by atoms with E-state index in [0.29, 0.717) is 27.9 Å². The SMILES string of the molecule is CC.Cc1nc(-c2nncn2SF)c(-c2ccccc2Cl)o1. The zero-order valence-electron chi connectivity index (χ0n) is 12.2. The fraction of sp³-hybridized carbons (Fsp3) is 0.214. The van der Waals surface area contributed by atoms with Gasteiger partial charge >= 0.3 is 0 Å². The van der Waals surface area contributed by atoms with Crippen molar-refractivity contribution in [2.75, 3.05) is 0 Å². The maximum absolute atomic E-state index is 12.8. The number of oxazole rings is 1. The van der Waals surface area contributed by atoms with Gasteiger partial charge in [0.25, 0.3) is 0 Å². The second-order valence-corrected chi connectivity index (χ2v) is 4.88. The van der Waals surface area contributed by atoms with Gasteiger partial charge in [-0.3, -0.25) is 0 Å². The highest BCUT2D eigenvalue weighted by molar-refractivity contribution is 7.92. The van der Waals surface area contributed by atoms with Crippen LogP contribution in [0.15, 0.2) is 35.0 Å². The first-order valence-electron chi connectivity index (χ1n) is 6.62. The van der Waals surface area contributed by atoms with Crippen molar-refractivity contribution in [3.8, 4) is 22.8 Å². The fourth-order valence-electron chi connectivity index (χ4n) is 1.83. The van der Waals surface area contributed by atoms with E-state index in [4.69, 9.17) is 16.0 Å². The quantitative estimate of drug-likeness (QED) is 0.673. The van der Waals surface area contributed by atoms with Crippen LogP contribution < -0.4 is 0 Å². The molecule has 0 bridgehead atoms. The molecule has 8 heteroatoms. The van der Waals surface area contributed by atoms with Crippen LogP contribution in [-0.2, 0) is 0 Å². The van der Waals surface area contributed by atoms with E-state index in [-0.39, 0.29) is 18.2 Å². The van der Waals surface area contributed by atoms with Gasteiger partial charge in [-0.25, -0.2) is 8.96 Å². The predicted molar refractivity (Wildman–Crippen MR) is 86.1 cm³/mol. The van der Waals surface area contributed by atoms with E-state index < -0.39 is 0 Å². The Morgan fingerprint density at radius 2 is 2.00 bits per heavy atom. The Morgan fingerprint density at radius 3 is 2.68 bits per heavy atom. The van der Waals surface area contributed by atoms with Gasteiger partial charge in [-0.1, -0.05) is 37.6 Å². The number of benzene rings is 1. The number of halogens is 2. The standard InChI is InChI=1S/C12H8ClFN4OS.C2H6/c1-7-16-10(12-17-15-6-18(12)20-14)11(19-7)8-4-2-3-5-9(8)13;1-2/h2-6H,1H3;1-2H3. The fourth-order valence-corrected chi connectivity index (χ4v) is 2.32. The molecule has 0 fully saturated rings. The van der Waals surface area contributed by atoms with Crippen molar-refractivity contribution in [2.45, 2.75) is 20.8 Å². The van der Waals surface area contributed by atoms with E-state index in [1.807, 2.05) is 26.0 Å². The lowest BCUT2D eigenvalue weighted by Gasteiger charge is -2.02. The highest BCUT2D eigenvalue weighted by atomic mass is 35.5.